The maximum atomic E-state index is 11.4. The molecule has 0 aliphatic carbocycles. The zero-order valence-electron chi connectivity index (χ0n) is 10.1. The van der Waals surface area contributed by atoms with Crippen LogP contribution in [0.15, 0.2) is 35.6 Å². The van der Waals surface area contributed by atoms with Crippen LogP contribution in [0.4, 0.5) is 5.69 Å². The minimum atomic E-state index is -0.882. The van der Waals surface area contributed by atoms with Crippen molar-refractivity contribution >= 4 is 11.5 Å². The van der Waals surface area contributed by atoms with Gasteiger partial charge in [0.25, 0.3) is 5.69 Å². The fraction of sp³-hybridized carbons (Fsp3) is 0.250. The minimum Gasteiger partial charge on any atom is -0.512 e. The van der Waals surface area contributed by atoms with Crippen LogP contribution in [0.25, 0.3) is 0 Å². The lowest BCUT2D eigenvalue weighted by Gasteiger charge is -2.14. The molecule has 0 fully saturated rings. The number of nitrogens with two attached hydrogens (primary N) is 1. The predicted octanol–water partition coefficient (Wildman–Crippen LogP) is 2.02. The highest BCUT2D eigenvalue weighted by molar-refractivity contribution is 5.95. The Balaban J connectivity index is 3.22. The molecule has 3 N–H and O–H groups in total. The summed E-state index contributed by atoms with van der Waals surface area (Å²) >= 11 is 0. The number of aliphatic hydroxyl groups excluding tert-OH is 1. The summed E-state index contributed by atoms with van der Waals surface area (Å²) in [7, 11) is 0. The Kier molecular flexibility index (Phi) is 4.17. The molecule has 0 spiro atoms. The Bertz CT molecular complexity index is 519. The number of rotatable bonds is 4. The third kappa shape index (κ3) is 2.92. The first kappa shape index (κ1) is 13.9. The van der Waals surface area contributed by atoms with Gasteiger partial charge < -0.3 is 10.8 Å². The smallest absolute Gasteiger partial charge is 0.269 e. The molecule has 0 aliphatic rings. The number of hydrogen-bond donors (Lipinski definition) is 2. The number of aliphatic hydroxyl groups is 1. The van der Waals surface area contributed by atoms with Crippen LogP contribution in [0.1, 0.15) is 25.5 Å². The van der Waals surface area contributed by atoms with Gasteiger partial charge in [-0.15, -0.1) is 0 Å². The summed E-state index contributed by atoms with van der Waals surface area (Å²) in [6, 6.07) is 4.80. The van der Waals surface area contributed by atoms with Crippen molar-refractivity contribution in [3.8, 4) is 0 Å². The number of nitro benzene ring substituents is 1. The number of nitro groups is 1. The van der Waals surface area contributed by atoms with Crippen LogP contribution < -0.4 is 5.73 Å². The van der Waals surface area contributed by atoms with Gasteiger partial charge in [0.1, 0.15) is 0 Å². The molecule has 6 heteroatoms. The Morgan fingerprint density at radius 2 is 2.06 bits per heavy atom. The highest BCUT2D eigenvalue weighted by atomic mass is 16.6. The van der Waals surface area contributed by atoms with E-state index >= 15 is 0 Å². The van der Waals surface area contributed by atoms with Crippen LogP contribution in [0, 0.1) is 10.1 Å². The van der Waals surface area contributed by atoms with Gasteiger partial charge in [0.05, 0.1) is 22.3 Å². The third-order valence-corrected chi connectivity index (χ3v) is 2.52. The number of nitrogens with zero attached hydrogens (tertiary/aromatic N) is 1. The summed E-state index contributed by atoms with van der Waals surface area (Å²) in [6.07, 6.45) is 0. The third-order valence-electron chi connectivity index (χ3n) is 2.52. The molecular formula is C12H14N2O4. The molecule has 1 aromatic rings. The summed E-state index contributed by atoms with van der Waals surface area (Å²) in [5, 5.41) is 20.1. The molecule has 1 rings (SSSR count). The van der Waals surface area contributed by atoms with Gasteiger partial charge >= 0.3 is 0 Å². The molecule has 0 heterocycles. The van der Waals surface area contributed by atoms with E-state index in [-0.39, 0.29) is 22.8 Å². The van der Waals surface area contributed by atoms with Gasteiger partial charge in [-0.3, -0.25) is 14.9 Å². The van der Waals surface area contributed by atoms with E-state index in [0.29, 0.717) is 5.56 Å². The standard InChI is InChI=1S/C12H14N2O4/c1-7(15)11(8(2)16)12(13)9-4-3-5-10(6-9)14(17)18/h3-6,12,15H,13H2,1-2H3/b11-7-. The SMILES string of the molecule is CC(=O)/C(=C(\C)O)C(N)c1cccc([N+](=O)[O-])c1. The lowest BCUT2D eigenvalue weighted by atomic mass is 9.95. The van der Waals surface area contributed by atoms with Crippen LogP contribution in [0.2, 0.25) is 0 Å². The monoisotopic (exact) mass is 250 g/mol. The van der Waals surface area contributed by atoms with E-state index in [1.54, 1.807) is 6.07 Å². The van der Waals surface area contributed by atoms with Gasteiger partial charge in [0.2, 0.25) is 0 Å². The average molecular weight is 250 g/mol. The van der Waals surface area contributed by atoms with Crippen molar-refractivity contribution in [1.29, 1.82) is 0 Å². The molecule has 1 unspecified atom stereocenters. The van der Waals surface area contributed by atoms with E-state index in [9.17, 15) is 20.0 Å². The zero-order valence-corrected chi connectivity index (χ0v) is 10.1. The first-order valence-corrected chi connectivity index (χ1v) is 5.25. The van der Waals surface area contributed by atoms with Crippen LogP contribution in [-0.2, 0) is 4.79 Å². The largest absolute Gasteiger partial charge is 0.512 e. The summed E-state index contributed by atoms with van der Waals surface area (Å²) in [4.78, 5) is 21.5. The normalized spacial score (nSPS) is 13.7. The van der Waals surface area contributed by atoms with Crippen molar-refractivity contribution in [2.45, 2.75) is 19.9 Å². The second-order valence-corrected chi connectivity index (χ2v) is 3.89. The van der Waals surface area contributed by atoms with Crippen molar-refractivity contribution in [3.63, 3.8) is 0 Å². The molecule has 6 nitrogen and oxygen atoms in total. The quantitative estimate of drug-likeness (QED) is 0.368. The summed E-state index contributed by atoms with van der Waals surface area (Å²) < 4.78 is 0. The fourth-order valence-corrected chi connectivity index (χ4v) is 1.70. The highest BCUT2D eigenvalue weighted by Crippen LogP contribution is 2.25. The van der Waals surface area contributed by atoms with Crippen molar-refractivity contribution < 1.29 is 14.8 Å². The van der Waals surface area contributed by atoms with E-state index in [0.717, 1.165) is 0 Å². The zero-order chi connectivity index (χ0) is 13.9. The van der Waals surface area contributed by atoms with Crippen LogP contribution in [0.3, 0.4) is 0 Å². The van der Waals surface area contributed by atoms with Crippen molar-refractivity contribution in [2.24, 2.45) is 5.73 Å². The first-order chi connectivity index (χ1) is 8.34. The van der Waals surface area contributed by atoms with Gasteiger partial charge in [-0.1, -0.05) is 12.1 Å². The predicted molar refractivity (Wildman–Crippen MR) is 66.0 cm³/mol. The molecule has 18 heavy (non-hydrogen) atoms. The molecule has 0 saturated heterocycles. The van der Waals surface area contributed by atoms with Gasteiger partial charge in [0, 0.05) is 12.1 Å². The number of allylic oxidation sites excluding steroid dienone is 1. The number of Topliss-reactive ketones (excluding diaryl/α,β-unsaturated/α-hetero) is 1. The molecule has 1 aromatic carbocycles. The number of hydrogen-bond acceptors (Lipinski definition) is 5. The molecule has 0 radical (unpaired) electrons. The second-order valence-electron chi connectivity index (χ2n) is 3.89. The average Bonchev–Trinajstić information content (AvgIpc) is 2.28. The molecule has 0 bridgehead atoms. The lowest BCUT2D eigenvalue weighted by molar-refractivity contribution is -0.384. The summed E-state index contributed by atoms with van der Waals surface area (Å²) in [6.45, 7) is 2.64. The van der Waals surface area contributed by atoms with E-state index < -0.39 is 11.0 Å². The molecule has 1 atom stereocenters. The van der Waals surface area contributed by atoms with E-state index in [1.165, 1.54) is 32.0 Å². The molecule has 96 valence electrons. The lowest BCUT2D eigenvalue weighted by Crippen LogP contribution is -2.19. The van der Waals surface area contributed by atoms with Crippen LogP contribution in [0.5, 0.6) is 0 Å². The number of ketones is 1. The first-order valence-electron chi connectivity index (χ1n) is 5.25. The van der Waals surface area contributed by atoms with Gasteiger partial charge in [-0.2, -0.15) is 0 Å². The van der Waals surface area contributed by atoms with Gasteiger partial charge in [0.15, 0.2) is 5.78 Å². The van der Waals surface area contributed by atoms with Crippen molar-refractivity contribution in [1.82, 2.24) is 0 Å². The molecule has 0 saturated carbocycles. The van der Waals surface area contributed by atoms with E-state index in [4.69, 9.17) is 5.73 Å². The Morgan fingerprint density at radius 3 is 2.50 bits per heavy atom. The Morgan fingerprint density at radius 1 is 1.44 bits per heavy atom. The van der Waals surface area contributed by atoms with Crippen LogP contribution >= 0.6 is 0 Å². The second kappa shape index (κ2) is 5.42. The summed E-state index contributed by atoms with van der Waals surface area (Å²) in [5.41, 5.74) is 6.20. The highest BCUT2D eigenvalue weighted by Gasteiger charge is 2.20. The van der Waals surface area contributed by atoms with Gasteiger partial charge in [-0.05, 0) is 19.4 Å². The molecule has 0 aromatic heterocycles. The topological polar surface area (TPSA) is 106 Å². The number of non-ortho nitro benzene ring substituents is 1. The Labute approximate surface area is 104 Å². The minimum absolute atomic E-state index is 0.0514. The van der Waals surface area contributed by atoms with Crippen molar-refractivity contribution in [2.75, 3.05) is 0 Å². The number of carbonyl (C=O) groups is 1. The van der Waals surface area contributed by atoms with Crippen molar-refractivity contribution in [3.05, 3.63) is 51.3 Å². The maximum absolute atomic E-state index is 11.4. The Hall–Kier alpha value is -2.21. The van der Waals surface area contributed by atoms with Crippen LogP contribution in [-0.4, -0.2) is 15.8 Å². The number of carbonyl (C=O) groups excluding carboxylic acids is 1. The molecule has 0 aliphatic heterocycles. The van der Waals surface area contributed by atoms with Gasteiger partial charge in [-0.25, -0.2) is 0 Å². The number of benzene rings is 1. The maximum Gasteiger partial charge on any atom is 0.269 e. The fourth-order valence-electron chi connectivity index (χ4n) is 1.70. The summed E-state index contributed by atoms with van der Waals surface area (Å²) in [5.74, 6) is -0.546. The molecular weight excluding hydrogens is 236 g/mol. The van der Waals surface area contributed by atoms with E-state index in [1.807, 2.05) is 0 Å². The van der Waals surface area contributed by atoms with E-state index in [2.05, 4.69) is 0 Å². The molecule has 0 amide bonds.